The molecule has 2 heteroatoms. The fraction of sp³-hybridized carbons (Fsp3) is 0.143. The van der Waals surface area contributed by atoms with Gasteiger partial charge in [-0.25, -0.2) is 0 Å². The Morgan fingerprint density at radius 2 is 0.800 bits per heavy atom. The average molecular weight is 830 g/mol. The van der Waals surface area contributed by atoms with Gasteiger partial charge < -0.3 is 4.90 Å². The van der Waals surface area contributed by atoms with Crippen molar-refractivity contribution in [2.24, 2.45) is 0 Å². The smallest absolute Gasteiger partial charge is 0.248 e. The van der Waals surface area contributed by atoms with Crippen LogP contribution in [-0.4, -0.2) is 6.71 Å². The Morgan fingerprint density at radius 1 is 0.323 bits per heavy atom. The monoisotopic (exact) mass is 829 g/mol. The number of hydrogen-bond donors (Lipinski definition) is 0. The Bertz CT molecular complexity index is 3570. The zero-order valence-corrected chi connectivity index (χ0v) is 37.8. The highest BCUT2D eigenvalue weighted by Crippen LogP contribution is 2.60. The number of nitrogens with zero attached hydrogens (tertiary/aromatic N) is 1. The fourth-order valence-electron chi connectivity index (χ4n) is 13.4. The Labute approximate surface area is 383 Å². The van der Waals surface area contributed by atoms with E-state index in [9.17, 15) is 0 Å². The highest BCUT2D eigenvalue weighted by molar-refractivity contribution is 7.01. The molecule has 9 aromatic carbocycles. The molecule has 14 rings (SSSR count). The molecule has 0 amide bonds. The summed E-state index contributed by atoms with van der Waals surface area (Å²) in [5.74, 6) is 0. The second-order valence-corrected chi connectivity index (χ2v) is 20.8. The van der Waals surface area contributed by atoms with Gasteiger partial charge in [-0.2, -0.15) is 0 Å². The number of benzene rings is 9. The largest absolute Gasteiger partial charge is 0.310 e. The normalized spacial score (nSPS) is 16.2. The summed E-state index contributed by atoms with van der Waals surface area (Å²) in [7, 11) is 0. The number of hydrogen-bond acceptors (Lipinski definition) is 1. The minimum Gasteiger partial charge on any atom is -0.310 e. The molecule has 9 aromatic rings. The number of fused-ring (bicyclic) bond motifs is 16. The van der Waals surface area contributed by atoms with Crippen LogP contribution in [0.4, 0.5) is 17.1 Å². The molecular weight excluding hydrogens is 782 g/mol. The standard InChI is InChI=1S/C63H48BN/c1-61(2)45-22-13-10-19-41(45)55-48(61)25-16-26-53(55)65-54-36-40(39-29-27-38(28-30-39)37-17-8-7-9-18-37)35-44-58-51(33-31-49-56(58)42-20-11-14-23-46(42)62(49,3)4)64(59(44)54)52-34-32-50-57(60(52)65)43-21-12-15-24-47(43)63(50,5)6/h7-36H,1-6H3. The Balaban J connectivity index is 1.14. The molecule has 0 unspecified atom stereocenters. The predicted molar refractivity (Wildman–Crippen MR) is 275 cm³/mol. The highest BCUT2D eigenvalue weighted by Gasteiger charge is 2.50. The number of anilines is 3. The van der Waals surface area contributed by atoms with Crippen LogP contribution in [0.15, 0.2) is 182 Å². The zero-order valence-electron chi connectivity index (χ0n) is 37.8. The Kier molecular flexibility index (Phi) is 7.19. The van der Waals surface area contributed by atoms with Gasteiger partial charge >= 0.3 is 0 Å². The summed E-state index contributed by atoms with van der Waals surface area (Å²) in [5.41, 5.74) is 32.0. The van der Waals surface area contributed by atoms with E-state index in [0.29, 0.717) is 0 Å². The summed E-state index contributed by atoms with van der Waals surface area (Å²) in [6, 6.07) is 69.8. The van der Waals surface area contributed by atoms with Crippen molar-refractivity contribution in [1.82, 2.24) is 0 Å². The second-order valence-electron chi connectivity index (χ2n) is 20.8. The molecule has 0 aromatic heterocycles. The molecule has 0 N–H and O–H groups in total. The molecule has 0 saturated carbocycles. The third kappa shape index (κ3) is 4.65. The van der Waals surface area contributed by atoms with Crippen molar-refractivity contribution in [3.8, 4) is 66.8 Å². The first-order valence-electron chi connectivity index (χ1n) is 23.5. The molecule has 0 spiro atoms. The Hall–Kier alpha value is -7.16. The van der Waals surface area contributed by atoms with Gasteiger partial charge in [0.15, 0.2) is 0 Å². The SMILES string of the molecule is CC1(C)c2ccccc2-c2c(N3c4cc(-c5ccc(-c6ccccc6)cc5)cc5c4B(c4ccc6c(c4-5)-c4ccccc4C6(C)C)c4ccc5c(c43)-c3ccccc3C5(C)C)cccc21. The molecule has 0 fully saturated rings. The molecule has 0 bridgehead atoms. The van der Waals surface area contributed by atoms with Crippen LogP contribution in [0.5, 0.6) is 0 Å². The minimum atomic E-state index is -0.155. The van der Waals surface area contributed by atoms with Gasteiger partial charge in [0.1, 0.15) is 0 Å². The van der Waals surface area contributed by atoms with Gasteiger partial charge in [-0.3, -0.25) is 0 Å². The first-order chi connectivity index (χ1) is 31.5. The van der Waals surface area contributed by atoms with E-state index < -0.39 is 0 Å². The molecule has 0 radical (unpaired) electrons. The molecule has 2 aliphatic heterocycles. The third-order valence-corrected chi connectivity index (χ3v) is 16.5. The van der Waals surface area contributed by atoms with Crippen LogP contribution in [0, 0.1) is 0 Å². The third-order valence-electron chi connectivity index (χ3n) is 16.5. The van der Waals surface area contributed by atoms with Gasteiger partial charge in [0.05, 0.1) is 5.69 Å². The summed E-state index contributed by atoms with van der Waals surface area (Å²) in [4.78, 5) is 2.74. The van der Waals surface area contributed by atoms with E-state index in [4.69, 9.17) is 0 Å². The van der Waals surface area contributed by atoms with Crippen molar-refractivity contribution in [2.75, 3.05) is 4.90 Å². The maximum atomic E-state index is 2.74. The maximum Gasteiger partial charge on any atom is 0.248 e. The Morgan fingerprint density at radius 3 is 1.43 bits per heavy atom. The van der Waals surface area contributed by atoms with Crippen molar-refractivity contribution in [3.05, 3.63) is 215 Å². The second kappa shape index (κ2) is 12.6. The van der Waals surface area contributed by atoms with Crippen LogP contribution in [0.1, 0.15) is 74.9 Å². The number of rotatable bonds is 3. The molecule has 0 saturated heterocycles. The lowest BCUT2D eigenvalue weighted by atomic mass is 9.36. The van der Waals surface area contributed by atoms with Crippen molar-refractivity contribution in [3.63, 3.8) is 0 Å². The van der Waals surface area contributed by atoms with Crippen LogP contribution in [0.25, 0.3) is 66.8 Å². The quantitative estimate of drug-likeness (QED) is 0.160. The first-order valence-corrected chi connectivity index (χ1v) is 23.5. The van der Waals surface area contributed by atoms with Gasteiger partial charge in [0.2, 0.25) is 6.71 Å². The van der Waals surface area contributed by atoms with Crippen LogP contribution in [-0.2, 0) is 16.2 Å². The zero-order chi connectivity index (χ0) is 43.7. The molecule has 5 aliphatic rings. The van der Waals surface area contributed by atoms with Crippen molar-refractivity contribution >= 4 is 40.2 Å². The lowest BCUT2D eigenvalue weighted by Gasteiger charge is -2.39. The van der Waals surface area contributed by atoms with E-state index in [2.05, 4.69) is 228 Å². The van der Waals surface area contributed by atoms with Crippen molar-refractivity contribution in [2.45, 2.75) is 57.8 Å². The summed E-state index contributed by atoms with van der Waals surface area (Å²) >= 11 is 0. The summed E-state index contributed by atoms with van der Waals surface area (Å²) in [5, 5.41) is 0. The van der Waals surface area contributed by atoms with E-state index in [0.717, 1.165) is 0 Å². The van der Waals surface area contributed by atoms with Crippen LogP contribution in [0.2, 0.25) is 0 Å². The molecule has 2 heterocycles. The summed E-state index contributed by atoms with van der Waals surface area (Å²) in [6.07, 6.45) is 0. The lowest BCUT2D eigenvalue weighted by Crippen LogP contribution is -2.55. The maximum absolute atomic E-state index is 2.74. The molecular formula is C63H48BN. The van der Waals surface area contributed by atoms with Crippen molar-refractivity contribution < 1.29 is 0 Å². The highest BCUT2D eigenvalue weighted by atomic mass is 15.2. The van der Waals surface area contributed by atoms with Gasteiger partial charge in [-0.05, 0) is 118 Å². The molecule has 1 nitrogen and oxygen atoms in total. The van der Waals surface area contributed by atoms with E-state index in [1.807, 2.05) is 0 Å². The van der Waals surface area contributed by atoms with E-state index in [1.54, 1.807) is 0 Å². The first kappa shape index (κ1) is 37.2. The van der Waals surface area contributed by atoms with Crippen molar-refractivity contribution in [1.29, 1.82) is 0 Å². The van der Waals surface area contributed by atoms with Gasteiger partial charge in [0.25, 0.3) is 0 Å². The lowest BCUT2D eigenvalue weighted by molar-refractivity contribution is 0.660. The average Bonchev–Trinajstić information content (AvgIpc) is 3.96. The molecule has 65 heavy (non-hydrogen) atoms. The molecule has 308 valence electrons. The van der Waals surface area contributed by atoms with Crippen LogP contribution >= 0.6 is 0 Å². The van der Waals surface area contributed by atoms with Crippen LogP contribution in [0.3, 0.4) is 0 Å². The van der Waals surface area contributed by atoms with E-state index in [1.165, 1.54) is 134 Å². The summed E-state index contributed by atoms with van der Waals surface area (Å²) in [6.45, 7) is 14.6. The fourth-order valence-corrected chi connectivity index (χ4v) is 13.4. The molecule has 0 atom stereocenters. The summed E-state index contributed by atoms with van der Waals surface area (Å²) < 4.78 is 0. The van der Waals surface area contributed by atoms with E-state index >= 15 is 0 Å². The molecule has 3 aliphatic carbocycles. The van der Waals surface area contributed by atoms with E-state index in [-0.39, 0.29) is 23.0 Å². The topological polar surface area (TPSA) is 3.24 Å². The van der Waals surface area contributed by atoms with Gasteiger partial charge in [-0.15, -0.1) is 0 Å². The van der Waals surface area contributed by atoms with Crippen LogP contribution < -0.4 is 21.3 Å². The minimum absolute atomic E-state index is 0.0681. The van der Waals surface area contributed by atoms with Gasteiger partial charge in [0, 0.05) is 38.7 Å². The predicted octanol–water partition coefficient (Wildman–Crippen LogP) is 14.2. The van der Waals surface area contributed by atoms with Gasteiger partial charge in [-0.1, -0.05) is 211 Å².